The van der Waals surface area contributed by atoms with Crippen LogP contribution in [0.1, 0.15) is 40.8 Å². The standard InChI is InChI=1S/C19H25N3OS/c1-2-18-21-17(14-24-18)13-22-10-8-15(9-11-22)12-20-19(23)16-6-4-3-5-7-16/h3-7,14-15H,2,8-13H2,1H3,(H,20,23). The van der Waals surface area contributed by atoms with Crippen LogP contribution in [-0.4, -0.2) is 35.4 Å². The average molecular weight is 343 g/mol. The Morgan fingerprint density at radius 2 is 2.04 bits per heavy atom. The number of hydrogen-bond donors (Lipinski definition) is 1. The van der Waals surface area contributed by atoms with Gasteiger partial charge in [-0.05, 0) is 50.4 Å². The molecule has 1 fully saturated rings. The second-order valence-electron chi connectivity index (χ2n) is 6.38. The number of piperidine rings is 1. The highest BCUT2D eigenvalue weighted by Gasteiger charge is 2.20. The van der Waals surface area contributed by atoms with Gasteiger partial charge in [0.2, 0.25) is 0 Å². The summed E-state index contributed by atoms with van der Waals surface area (Å²) in [6.45, 7) is 6.06. The number of hydrogen-bond acceptors (Lipinski definition) is 4. The van der Waals surface area contributed by atoms with E-state index in [2.05, 4.69) is 27.5 Å². The lowest BCUT2D eigenvalue weighted by atomic mass is 9.96. The summed E-state index contributed by atoms with van der Waals surface area (Å²) in [7, 11) is 0. The third-order valence-corrected chi connectivity index (χ3v) is 5.62. The number of benzene rings is 1. The van der Waals surface area contributed by atoms with Gasteiger partial charge in [-0.1, -0.05) is 25.1 Å². The van der Waals surface area contributed by atoms with Crippen molar-refractivity contribution in [3.05, 3.63) is 52.0 Å². The van der Waals surface area contributed by atoms with Crippen molar-refractivity contribution in [3.63, 3.8) is 0 Å². The Morgan fingerprint density at radius 1 is 1.29 bits per heavy atom. The van der Waals surface area contributed by atoms with Crippen molar-refractivity contribution in [1.29, 1.82) is 0 Å². The molecule has 0 unspecified atom stereocenters. The van der Waals surface area contributed by atoms with Crippen LogP contribution in [-0.2, 0) is 13.0 Å². The molecule has 1 amide bonds. The molecule has 0 bridgehead atoms. The first-order chi connectivity index (χ1) is 11.7. The number of amides is 1. The van der Waals surface area contributed by atoms with Crippen molar-refractivity contribution in [2.75, 3.05) is 19.6 Å². The highest BCUT2D eigenvalue weighted by molar-refractivity contribution is 7.09. The van der Waals surface area contributed by atoms with Crippen LogP contribution in [0.3, 0.4) is 0 Å². The van der Waals surface area contributed by atoms with Gasteiger partial charge in [0.15, 0.2) is 0 Å². The minimum Gasteiger partial charge on any atom is -0.352 e. The summed E-state index contributed by atoms with van der Waals surface area (Å²) in [4.78, 5) is 19.2. The van der Waals surface area contributed by atoms with Gasteiger partial charge in [-0.15, -0.1) is 11.3 Å². The van der Waals surface area contributed by atoms with Crippen molar-refractivity contribution in [1.82, 2.24) is 15.2 Å². The number of aryl methyl sites for hydroxylation is 1. The summed E-state index contributed by atoms with van der Waals surface area (Å²) in [5.74, 6) is 0.614. The van der Waals surface area contributed by atoms with Crippen LogP contribution in [0.25, 0.3) is 0 Å². The van der Waals surface area contributed by atoms with E-state index < -0.39 is 0 Å². The van der Waals surface area contributed by atoms with E-state index >= 15 is 0 Å². The molecule has 1 aliphatic heterocycles. The van der Waals surface area contributed by atoms with E-state index in [1.807, 2.05) is 30.3 Å². The van der Waals surface area contributed by atoms with E-state index in [1.165, 1.54) is 10.7 Å². The summed E-state index contributed by atoms with van der Waals surface area (Å²) >= 11 is 1.76. The van der Waals surface area contributed by atoms with Crippen LogP contribution in [0, 0.1) is 5.92 Å². The zero-order valence-corrected chi connectivity index (χ0v) is 15.0. The van der Waals surface area contributed by atoms with E-state index in [4.69, 9.17) is 0 Å². The summed E-state index contributed by atoms with van der Waals surface area (Å²) in [6.07, 6.45) is 3.30. The maximum Gasteiger partial charge on any atom is 0.251 e. The normalized spacial score (nSPS) is 16.2. The molecule has 0 saturated carbocycles. The Kier molecular flexibility index (Phi) is 5.99. The van der Waals surface area contributed by atoms with Crippen LogP contribution in [0.15, 0.2) is 35.7 Å². The average Bonchev–Trinajstić information content (AvgIpc) is 3.09. The maximum absolute atomic E-state index is 12.1. The summed E-state index contributed by atoms with van der Waals surface area (Å²) in [5.41, 5.74) is 1.94. The molecular formula is C19H25N3OS. The number of carbonyl (C=O) groups is 1. The predicted molar refractivity (Wildman–Crippen MR) is 98.3 cm³/mol. The Hall–Kier alpha value is -1.72. The predicted octanol–water partition coefficient (Wildman–Crippen LogP) is 3.35. The molecule has 5 heteroatoms. The van der Waals surface area contributed by atoms with E-state index in [0.29, 0.717) is 5.92 Å². The first-order valence-corrected chi connectivity index (χ1v) is 9.61. The number of carbonyl (C=O) groups excluding carboxylic acids is 1. The summed E-state index contributed by atoms with van der Waals surface area (Å²) < 4.78 is 0. The molecule has 128 valence electrons. The second-order valence-corrected chi connectivity index (χ2v) is 7.32. The minimum atomic E-state index is 0.0348. The smallest absolute Gasteiger partial charge is 0.251 e. The van der Waals surface area contributed by atoms with Gasteiger partial charge in [0.05, 0.1) is 10.7 Å². The van der Waals surface area contributed by atoms with Crippen molar-refractivity contribution in [2.24, 2.45) is 5.92 Å². The number of aromatic nitrogens is 1. The van der Waals surface area contributed by atoms with Crippen molar-refractivity contribution >= 4 is 17.2 Å². The van der Waals surface area contributed by atoms with E-state index in [-0.39, 0.29) is 5.91 Å². The molecule has 2 heterocycles. The topological polar surface area (TPSA) is 45.2 Å². The monoisotopic (exact) mass is 343 g/mol. The number of thiazole rings is 1. The zero-order valence-electron chi connectivity index (χ0n) is 14.2. The third-order valence-electron chi connectivity index (χ3n) is 4.58. The molecule has 1 N–H and O–H groups in total. The lowest BCUT2D eigenvalue weighted by Crippen LogP contribution is -2.38. The summed E-state index contributed by atoms with van der Waals surface area (Å²) in [5, 5.41) is 6.49. The fourth-order valence-corrected chi connectivity index (χ4v) is 3.83. The van der Waals surface area contributed by atoms with E-state index in [1.54, 1.807) is 11.3 Å². The highest BCUT2D eigenvalue weighted by atomic mass is 32.1. The van der Waals surface area contributed by atoms with E-state index in [9.17, 15) is 4.79 Å². The third kappa shape index (κ3) is 4.65. The van der Waals surface area contributed by atoms with Crippen molar-refractivity contribution in [3.8, 4) is 0 Å². The molecule has 0 radical (unpaired) electrons. The molecular weight excluding hydrogens is 318 g/mol. The van der Waals surface area contributed by atoms with Crippen LogP contribution >= 0.6 is 11.3 Å². The van der Waals surface area contributed by atoms with Gasteiger partial charge in [-0.25, -0.2) is 4.98 Å². The van der Waals surface area contributed by atoms with Crippen molar-refractivity contribution in [2.45, 2.75) is 32.7 Å². The maximum atomic E-state index is 12.1. The molecule has 1 aliphatic rings. The van der Waals surface area contributed by atoms with Crippen LogP contribution in [0.2, 0.25) is 0 Å². The Labute approximate surface area is 147 Å². The van der Waals surface area contributed by atoms with Gasteiger partial charge < -0.3 is 5.32 Å². The quantitative estimate of drug-likeness (QED) is 0.875. The minimum absolute atomic E-state index is 0.0348. The van der Waals surface area contributed by atoms with E-state index in [0.717, 1.165) is 51.0 Å². The SMILES string of the molecule is CCc1nc(CN2CCC(CNC(=O)c3ccccc3)CC2)cs1. The molecule has 1 aromatic carbocycles. The lowest BCUT2D eigenvalue weighted by molar-refractivity contribution is 0.0935. The van der Waals surface area contributed by atoms with Crippen molar-refractivity contribution < 1.29 is 4.79 Å². The molecule has 0 atom stereocenters. The number of nitrogens with one attached hydrogen (secondary N) is 1. The molecule has 0 spiro atoms. The molecule has 1 aromatic heterocycles. The van der Waals surface area contributed by atoms with Gasteiger partial charge in [-0.2, -0.15) is 0 Å². The van der Waals surface area contributed by atoms with Gasteiger partial charge in [-0.3, -0.25) is 9.69 Å². The van der Waals surface area contributed by atoms with Gasteiger partial charge in [0, 0.05) is 24.0 Å². The summed E-state index contributed by atoms with van der Waals surface area (Å²) in [6, 6.07) is 9.44. The lowest BCUT2D eigenvalue weighted by Gasteiger charge is -2.31. The second kappa shape index (κ2) is 8.40. The van der Waals surface area contributed by atoms with Gasteiger partial charge in [0.1, 0.15) is 0 Å². The Balaban J connectivity index is 1.40. The first kappa shape index (κ1) is 17.1. The zero-order chi connectivity index (χ0) is 16.8. The molecule has 0 aliphatic carbocycles. The largest absolute Gasteiger partial charge is 0.352 e. The number of nitrogens with zero attached hydrogens (tertiary/aromatic N) is 2. The first-order valence-electron chi connectivity index (χ1n) is 8.73. The van der Waals surface area contributed by atoms with Crippen LogP contribution in [0.4, 0.5) is 0 Å². The molecule has 1 saturated heterocycles. The molecule has 24 heavy (non-hydrogen) atoms. The van der Waals surface area contributed by atoms with Crippen LogP contribution < -0.4 is 5.32 Å². The fourth-order valence-electron chi connectivity index (χ4n) is 3.09. The highest BCUT2D eigenvalue weighted by Crippen LogP contribution is 2.19. The Bertz CT molecular complexity index is 648. The van der Waals surface area contributed by atoms with Gasteiger partial charge in [0.25, 0.3) is 5.91 Å². The number of rotatable bonds is 6. The van der Waals surface area contributed by atoms with Crippen LogP contribution in [0.5, 0.6) is 0 Å². The number of likely N-dealkylation sites (tertiary alicyclic amines) is 1. The Morgan fingerprint density at radius 3 is 2.71 bits per heavy atom. The molecule has 4 nitrogen and oxygen atoms in total. The van der Waals surface area contributed by atoms with Gasteiger partial charge >= 0.3 is 0 Å². The fraction of sp³-hybridized carbons (Fsp3) is 0.474. The molecule has 2 aromatic rings. The molecule has 3 rings (SSSR count).